The van der Waals surface area contributed by atoms with Crippen molar-refractivity contribution in [3.63, 3.8) is 0 Å². The lowest BCUT2D eigenvalue weighted by Crippen LogP contribution is -2.07. The van der Waals surface area contributed by atoms with Crippen LogP contribution in [0.3, 0.4) is 0 Å². The van der Waals surface area contributed by atoms with E-state index in [-0.39, 0.29) is 12.2 Å². The molecule has 0 spiro atoms. The third-order valence-electron chi connectivity index (χ3n) is 3.97. The summed E-state index contributed by atoms with van der Waals surface area (Å²) in [5.41, 5.74) is 4.11. The van der Waals surface area contributed by atoms with Crippen molar-refractivity contribution in [2.75, 3.05) is 6.61 Å². The Bertz CT molecular complexity index is 823. The first-order chi connectivity index (χ1) is 12.3. The Morgan fingerprint density at radius 1 is 0.800 bits per heavy atom. The number of carbonyl (C=O) groups is 1. The average molecular weight is 332 g/mol. The minimum absolute atomic E-state index is 0.180. The molecule has 0 saturated heterocycles. The molecule has 0 saturated carbocycles. The third-order valence-corrected chi connectivity index (χ3v) is 3.97. The van der Waals surface area contributed by atoms with E-state index in [1.165, 1.54) is 0 Å². The topological polar surface area (TPSA) is 46.5 Å². The molecule has 3 aromatic carbocycles. The second kappa shape index (κ2) is 8.27. The van der Waals surface area contributed by atoms with Gasteiger partial charge in [0, 0.05) is 12.0 Å². The van der Waals surface area contributed by atoms with E-state index in [1.807, 2.05) is 66.7 Å². The van der Waals surface area contributed by atoms with Gasteiger partial charge in [0.2, 0.25) is 0 Å². The molecule has 3 nitrogen and oxygen atoms in total. The van der Waals surface area contributed by atoms with Gasteiger partial charge in [0.15, 0.2) is 5.78 Å². The number of aliphatic hydroxyl groups is 1. The van der Waals surface area contributed by atoms with E-state index in [1.54, 1.807) is 0 Å². The van der Waals surface area contributed by atoms with Gasteiger partial charge in [0.05, 0.1) is 0 Å². The van der Waals surface area contributed by atoms with Crippen LogP contribution in [0.15, 0.2) is 78.9 Å². The molecule has 0 atom stereocenters. The Balaban J connectivity index is 1.69. The van der Waals surface area contributed by atoms with E-state index >= 15 is 0 Å². The molecule has 3 aromatic rings. The Kier molecular flexibility index (Phi) is 5.60. The fourth-order valence-electron chi connectivity index (χ4n) is 2.65. The van der Waals surface area contributed by atoms with Gasteiger partial charge >= 0.3 is 0 Å². The first-order valence-electron chi connectivity index (χ1n) is 8.24. The van der Waals surface area contributed by atoms with E-state index in [4.69, 9.17) is 9.84 Å². The number of ketones is 1. The number of hydrogen-bond donors (Lipinski definition) is 1. The van der Waals surface area contributed by atoms with Crippen LogP contribution in [-0.2, 0) is 17.8 Å². The molecule has 126 valence electrons. The highest BCUT2D eigenvalue weighted by Gasteiger charge is 2.06. The maximum Gasteiger partial charge on any atom is 0.162 e. The summed E-state index contributed by atoms with van der Waals surface area (Å²) in [4.78, 5) is 11.3. The number of benzene rings is 3. The van der Waals surface area contributed by atoms with E-state index in [9.17, 15) is 4.79 Å². The number of Topliss-reactive ketones (excluding diaryl/α,β-unsaturated/α-hetero) is 1. The van der Waals surface area contributed by atoms with E-state index in [2.05, 4.69) is 12.1 Å². The molecule has 3 heteroatoms. The molecule has 0 heterocycles. The first kappa shape index (κ1) is 16.9. The lowest BCUT2D eigenvalue weighted by atomic mass is 10.0. The lowest BCUT2D eigenvalue weighted by molar-refractivity contribution is -0.121. The maximum absolute atomic E-state index is 11.3. The van der Waals surface area contributed by atoms with Crippen molar-refractivity contribution in [2.24, 2.45) is 0 Å². The summed E-state index contributed by atoms with van der Waals surface area (Å²) in [5, 5.41) is 8.81. The molecule has 0 aliphatic heterocycles. The van der Waals surface area contributed by atoms with Gasteiger partial charge in [-0.1, -0.05) is 72.8 Å². The van der Waals surface area contributed by atoms with Gasteiger partial charge < -0.3 is 9.84 Å². The number of hydrogen-bond acceptors (Lipinski definition) is 3. The normalized spacial score (nSPS) is 10.4. The summed E-state index contributed by atoms with van der Waals surface area (Å²) < 4.78 is 6.01. The third kappa shape index (κ3) is 4.55. The monoisotopic (exact) mass is 332 g/mol. The number of carbonyl (C=O) groups excluding carboxylic acids is 1. The molecule has 0 amide bonds. The maximum atomic E-state index is 11.3. The van der Waals surface area contributed by atoms with Gasteiger partial charge in [-0.3, -0.25) is 4.79 Å². The summed E-state index contributed by atoms with van der Waals surface area (Å²) >= 11 is 0. The highest BCUT2D eigenvalue weighted by Crippen LogP contribution is 2.30. The molecular formula is C22H20O3. The standard InChI is InChI=1S/C22H20O3/c23-15-20(24)14-17-10-12-18(13-11-17)16-25-22-9-5-4-8-21(22)19-6-2-1-3-7-19/h1-13,23H,14-16H2. The average Bonchev–Trinajstić information content (AvgIpc) is 2.68. The molecule has 3 rings (SSSR count). The Labute approximate surface area is 147 Å². The van der Waals surface area contributed by atoms with Crippen molar-refractivity contribution >= 4 is 5.78 Å². The van der Waals surface area contributed by atoms with Crippen molar-refractivity contribution in [1.29, 1.82) is 0 Å². The Morgan fingerprint density at radius 3 is 2.16 bits per heavy atom. The van der Waals surface area contributed by atoms with Gasteiger partial charge in [-0.25, -0.2) is 0 Å². The quantitative estimate of drug-likeness (QED) is 0.710. The second-order valence-electron chi connectivity index (χ2n) is 5.84. The summed E-state index contributed by atoms with van der Waals surface area (Å²) in [6.07, 6.45) is 0.258. The lowest BCUT2D eigenvalue weighted by Gasteiger charge is -2.12. The fourth-order valence-corrected chi connectivity index (χ4v) is 2.65. The molecule has 1 N–H and O–H groups in total. The number of rotatable bonds is 7. The highest BCUT2D eigenvalue weighted by atomic mass is 16.5. The van der Waals surface area contributed by atoms with Crippen molar-refractivity contribution in [3.05, 3.63) is 90.0 Å². The van der Waals surface area contributed by atoms with Crippen LogP contribution in [0, 0.1) is 0 Å². The van der Waals surface area contributed by atoms with Crippen LogP contribution in [-0.4, -0.2) is 17.5 Å². The van der Waals surface area contributed by atoms with Crippen molar-refractivity contribution < 1.29 is 14.6 Å². The van der Waals surface area contributed by atoms with Crippen LogP contribution in [0.4, 0.5) is 0 Å². The zero-order chi connectivity index (χ0) is 17.5. The molecule has 0 bridgehead atoms. The molecule has 25 heavy (non-hydrogen) atoms. The molecule has 0 aromatic heterocycles. The van der Waals surface area contributed by atoms with Gasteiger partial charge in [0.25, 0.3) is 0 Å². The molecule has 0 unspecified atom stereocenters. The van der Waals surface area contributed by atoms with Crippen LogP contribution in [0.2, 0.25) is 0 Å². The van der Waals surface area contributed by atoms with Crippen LogP contribution >= 0.6 is 0 Å². The first-order valence-corrected chi connectivity index (χ1v) is 8.24. The zero-order valence-electron chi connectivity index (χ0n) is 13.9. The summed E-state index contributed by atoms with van der Waals surface area (Å²) in [7, 11) is 0. The zero-order valence-corrected chi connectivity index (χ0v) is 13.9. The predicted octanol–water partition coefficient (Wildman–Crippen LogP) is 4.04. The van der Waals surface area contributed by atoms with E-state index < -0.39 is 6.61 Å². The number of aliphatic hydroxyl groups excluding tert-OH is 1. The predicted molar refractivity (Wildman–Crippen MR) is 98.4 cm³/mol. The van der Waals surface area contributed by atoms with Crippen molar-refractivity contribution in [2.45, 2.75) is 13.0 Å². The van der Waals surface area contributed by atoms with E-state index in [0.29, 0.717) is 6.61 Å². The Hall–Kier alpha value is -2.91. The number of para-hydroxylation sites is 1. The summed E-state index contributed by atoms with van der Waals surface area (Å²) in [6.45, 7) is 0.0409. The van der Waals surface area contributed by atoms with Gasteiger partial charge in [-0.15, -0.1) is 0 Å². The second-order valence-corrected chi connectivity index (χ2v) is 5.84. The van der Waals surface area contributed by atoms with Crippen LogP contribution < -0.4 is 4.74 Å². The largest absolute Gasteiger partial charge is 0.488 e. The van der Waals surface area contributed by atoms with Gasteiger partial charge in [-0.2, -0.15) is 0 Å². The van der Waals surface area contributed by atoms with E-state index in [0.717, 1.165) is 28.0 Å². The fraction of sp³-hybridized carbons (Fsp3) is 0.136. The number of ether oxygens (including phenoxy) is 1. The van der Waals surface area contributed by atoms with Crippen molar-refractivity contribution in [1.82, 2.24) is 0 Å². The minimum Gasteiger partial charge on any atom is -0.488 e. The van der Waals surface area contributed by atoms with Crippen LogP contribution in [0.5, 0.6) is 5.75 Å². The smallest absolute Gasteiger partial charge is 0.162 e. The molecule has 0 aliphatic carbocycles. The highest BCUT2D eigenvalue weighted by molar-refractivity contribution is 5.81. The molecular weight excluding hydrogens is 312 g/mol. The summed E-state index contributed by atoms with van der Waals surface area (Å²) in [6, 6.07) is 25.8. The van der Waals surface area contributed by atoms with Crippen LogP contribution in [0.1, 0.15) is 11.1 Å². The molecule has 0 radical (unpaired) electrons. The van der Waals surface area contributed by atoms with Gasteiger partial charge in [0.1, 0.15) is 19.0 Å². The Morgan fingerprint density at radius 2 is 1.44 bits per heavy atom. The van der Waals surface area contributed by atoms with Gasteiger partial charge in [-0.05, 0) is 22.8 Å². The summed E-state index contributed by atoms with van der Waals surface area (Å²) in [5.74, 6) is 0.661. The molecule has 0 aliphatic rings. The molecule has 0 fully saturated rings. The SMILES string of the molecule is O=C(CO)Cc1ccc(COc2ccccc2-c2ccccc2)cc1. The van der Waals surface area contributed by atoms with Crippen molar-refractivity contribution in [3.8, 4) is 16.9 Å². The van der Waals surface area contributed by atoms with Crippen LogP contribution in [0.25, 0.3) is 11.1 Å². The minimum atomic E-state index is -0.416.